The maximum Gasteiger partial charge on any atom is 0.101 e. The van der Waals surface area contributed by atoms with Gasteiger partial charge in [0.1, 0.15) is 6.07 Å². The summed E-state index contributed by atoms with van der Waals surface area (Å²) in [6.45, 7) is 14.8. The minimum absolute atomic E-state index is 0.268. The summed E-state index contributed by atoms with van der Waals surface area (Å²) in [5.41, 5.74) is 7.48. The van der Waals surface area contributed by atoms with Crippen LogP contribution in [0.4, 0.5) is 5.69 Å². The summed E-state index contributed by atoms with van der Waals surface area (Å²) < 4.78 is 0. The molecule has 5 nitrogen and oxygen atoms in total. The summed E-state index contributed by atoms with van der Waals surface area (Å²) in [5.74, 6) is 0.679. The lowest BCUT2D eigenvalue weighted by molar-refractivity contribution is 0.102. The zero-order chi connectivity index (χ0) is 25.0. The number of anilines is 1. The molecule has 0 amide bonds. The first-order chi connectivity index (χ1) is 17.3. The standard InChI is InChI=1S/C31H37N5/c1-21-18-34(28-10-8-24(17-32)30-27(28)6-5-13-33-30)20-29-26-9-7-23(16-25(26)19-36(21)29)22-11-14-35(15-12-22)31(2,3)4/h5-10,13,16,21-22,29H,11-12,14-15,18-20H2,1-4H3. The summed E-state index contributed by atoms with van der Waals surface area (Å²) >= 11 is 0. The summed E-state index contributed by atoms with van der Waals surface area (Å²) in [4.78, 5) is 12.4. The lowest BCUT2D eigenvalue weighted by atomic mass is 9.86. The van der Waals surface area contributed by atoms with E-state index in [0.29, 0.717) is 23.6 Å². The van der Waals surface area contributed by atoms with Gasteiger partial charge in [0.25, 0.3) is 0 Å². The molecule has 0 bridgehead atoms. The predicted octanol–water partition coefficient (Wildman–Crippen LogP) is 5.85. The molecule has 36 heavy (non-hydrogen) atoms. The van der Waals surface area contributed by atoms with Crippen molar-refractivity contribution < 1.29 is 0 Å². The van der Waals surface area contributed by atoms with Crippen LogP contribution in [0.5, 0.6) is 0 Å². The Morgan fingerprint density at radius 3 is 2.58 bits per heavy atom. The summed E-state index contributed by atoms with van der Waals surface area (Å²) in [7, 11) is 0. The van der Waals surface area contributed by atoms with E-state index in [1.807, 2.05) is 12.1 Å². The first-order valence-corrected chi connectivity index (χ1v) is 13.5. The van der Waals surface area contributed by atoms with Crippen LogP contribution in [0.15, 0.2) is 48.7 Å². The quantitative estimate of drug-likeness (QED) is 0.461. The first-order valence-electron chi connectivity index (χ1n) is 13.5. The summed E-state index contributed by atoms with van der Waals surface area (Å²) in [5, 5.41) is 10.6. The van der Waals surface area contributed by atoms with Crippen LogP contribution in [0.3, 0.4) is 0 Å². The molecule has 1 aromatic heterocycles. The second-order valence-electron chi connectivity index (χ2n) is 12.0. The van der Waals surface area contributed by atoms with Crippen LogP contribution in [0.2, 0.25) is 0 Å². The van der Waals surface area contributed by atoms with Crippen LogP contribution < -0.4 is 4.90 Å². The Balaban J connectivity index is 1.25. The van der Waals surface area contributed by atoms with E-state index in [-0.39, 0.29) is 5.54 Å². The van der Waals surface area contributed by atoms with Gasteiger partial charge < -0.3 is 4.90 Å². The monoisotopic (exact) mass is 479 g/mol. The van der Waals surface area contributed by atoms with Gasteiger partial charge in [-0.1, -0.05) is 18.2 Å². The lowest BCUT2D eigenvalue weighted by Crippen LogP contribution is -2.51. The second kappa shape index (κ2) is 8.87. The third-order valence-electron chi connectivity index (χ3n) is 8.85. The average molecular weight is 480 g/mol. The second-order valence-corrected chi connectivity index (χ2v) is 12.0. The summed E-state index contributed by atoms with van der Waals surface area (Å²) in [6, 6.07) is 18.7. The van der Waals surface area contributed by atoms with Gasteiger partial charge in [0.05, 0.1) is 17.1 Å². The number of pyridine rings is 1. The predicted molar refractivity (Wildman–Crippen MR) is 146 cm³/mol. The molecule has 3 aromatic rings. The minimum atomic E-state index is 0.268. The molecule has 6 rings (SSSR count). The maximum absolute atomic E-state index is 9.56. The molecule has 4 heterocycles. The number of likely N-dealkylation sites (tertiary alicyclic amines) is 1. The highest BCUT2D eigenvalue weighted by atomic mass is 15.3. The molecule has 2 fully saturated rings. The molecule has 2 unspecified atom stereocenters. The van der Waals surface area contributed by atoms with Gasteiger partial charge in [0.2, 0.25) is 0 Å². The van der Waals surface area contributed by atoms with Crippen molar-refractivity contribution in [1.29, 1.82) is 5.26 Å². The fourth-order valence-corrected chi connectivity index (χ4v) is 6.80. The van der Waals surface area contributed by atoms with E-state index < -0.39 is 0 Å². The topological polar surface area (TPSA) is 46.4 Å². The molecule has 186 valence electrons. The number of hydrogen-bond acceptors (Lipinski definition) is 5. The molecule has 2 aromatic carbocycles. The van der Waals surface area contributed by atoms with Crippen LogP contribution in [-0.2, 0) is 6.54 Å². The van der Waals surface area contributed by atoms with Crippen molar-refractivity contribution in [1.82, 2.24) is 14.8 Å². The third kappa shape index (κ3) is 3.97. The van der Waals surface area contributed by atoms with E-state index in [4.69, 9.17) is 0 Å². The van der Waals surface area contributed by atoms with E-state index in [1.54, 1.807) is 6.20 Å². The minimum Gasteiger partial charge on any atom is -0.368 e. The Bertz CT molecular complexity index is 1330. The molecular weight excluding hydrogens is 442 g/mol. The van der Waals surface area contributed by atoms with Crippen molar-refractivity contribution in [2.45, 2.75) is 70.6 Å². The smallest absolute Gasteiger partial charge is 0.101 e. The SMILES string of the molecule is CC1CN(c2ccc(C#N)c3ncccc23)CC2c3ccc(C4CCN(C(C)(C)C)CC4)cc3CN12. The lowest BCUT2D eigenvalue weighted by Gasteiger charge is -2.44. The zero-order valence-corrected chi connectivity index (χ0v) is 22.0. The Morgan fingerprint density at radius 1 is 1.03 bits per heavy atom. The van der Waals surface area contributed by atoms with Gasteiger partial charge in [-0.3, -0.25) is 14.8 Å². The number of hydrogen-bond donors (Lipinski definition) is 0. The van der Waals surface area contributed by atoms with Gasteiger partial charge in [-0.25, -0.2) is 0 Å². The van der Waals surface area contributed by atoms with Crippen molar-refractivity contribution in [2.24, 2.45) is 0 Å². The highest BCUT2D eigenvalue weighted by Crippen LogP contribution is 2.43. The number of piperazine rings is 1. The van der Waals surface area contributed by atoms with Crippen LogP contribution >= 0.6 is 0 Å². The van der Waals surface area contributed by atoms with E-state index in [2.05, 4.69) is 83.8 Å². The maximum atomic E-state index is 9.56. The highest BCUT2D eigenvalue weighted by Gasteiger charge is 2.39. The van der Waals surface area contributed by atoms with Gasteiger partial charge in [0, 0.05) is 48.5 Å². The van der Waals surface area contributed by atoms with E-state index in [9.17, 15) is 5.26 Å². The molecule has 2 atom stereocenters. The number of rotatable bonds is 2. The molecule has 0 radical (unpaired) electrons. The average Bonchev–Trinajstić information content (AvgIpc) is 3.26. The van der Waals surface area contributed by atoms with Gasteiger partial charge in [0.15, 0.2) is 0 Å². The van der Waals surface area contributed by atoms with Gasteiger partial charge in [-0.15, -0.1) is 0 Å². The molecule has 2 saturated heterocycles. The van der Waals surface area contributed by atoms with E-state index in [0.717, 1.165) is 30.5 Å². The molecule has 0 N–H and O–H groups in total. The van der Waals surface area contributed by atoms with Crippen LogP contribution in [0.25, 0.3) is 10.9 Å². The van der Waals surface area contributed by atoms with Crippen molar-refractivity contribution in [3.8, 4) is 6.07 Å². The van der Waals surface area contributed by atoms with Crippen LogP contribution in [0.1, 0.15) is 74.8 Å². The Hall–Kier alpha value is -2.94. The largest absolute Gasteiger partial charge is 0.368 e. The number of piperidine rings is 1. The molecule has 0 saturated carbocycles. The van der Waals surface area contributed by atoms with Crippen LogP contribution in [0, 0.1) is 11.3 Å². The Labute approximate surface area is 215 Å². The van der Waals surface area contributed by atoms with Gasteiger partial charge in [-0.2, -0.15) is 5.26 Å². The number of fused-ring (bicyclic) bond motifs is 4. The number of nitriles is 1. The number of benzene rings is 2. The normalized spacial score (nSPS) is 23.5. The molecule has 5 heteroatoms. The van der Waals surface area contributed by atoms with Crippen molar-refractivity contribution in [3.63, 3.8) is 0 Å². The molecule has 0 spiro atoms. The van der Waals surface area contributed by atoms with Gasteiger partial charge in [-0.05, 0) is 100 Å². The number of nitrogens with zero attached hydrogens (tertiary/aromatic N) is 5. The van der Waals surface area contributed by atoms with Gasteiger partial charge >= 0.3 is 0 Å². The van der Waals surface area contributed by atoms with Crippen molar-refractivity contribution >= 4 is 16.6 Å². The molecular formula is C31H37N5. The zero-order valence-electron chi connectivity index (χ0n) is 22.0. The fourth-order valence-electron chi connectivity index (χ4n) is 6.80. The Morgan fingerprint density at radius 2 is 1.83 bits per heavy atom. The first kappa shape index (κ1) is 23.5. The fraction of sp³-hybridized carbons (Fsp3) is 0.484. The number of aromatic nitrogens is 1. The van der Waals surface area contributed by atoms with Crippen LogP contribution in [-0.4, -0.2) is 52.5 Å². The highest BCUT2D eigenvalue weighted by molar-refractivity contribution is 5.95. The molecule has 0 aliphatic carbocycles. The van der Waals surface area contributed by atoms with E-state index in [1.165, 1.54) is 48.3 Å². The van der Waals surface area contributed by atoms with E-state index >= 15 is 0 Å². The van der Waals surface area contributed by atoms with Crippen molar-refractivity contribution in [2.75, 3.05) is 31.1 Å². The third-order valence-corrected chi connectivity index (χ3v) is 8.85. The van der Waals surface area contributed by atoms with Crippen molar-refractivity contribution in [3.05, 3.63) is 70.9 Å². The molecule has 3 aliphatic rings. The Kier molecular flexibility index (Phi) is 5.78. The summed E-state index contributed by atoms with van der Waals surface area (Å²) in [6.07, 6.45) is 4.30. The molecule has 3 aliphatic heterocycles.